The number of nitrogens with one attached hydrogen (secondary N) is 2. The van der Waals surface area contributed by atoms with Gasteiger partial charge in [0.15, 0.2) is 5.75 Å². The molecule has 4 rings (SSSR count). The average molecular weight is 382 g/mol. The maximum absolute atomic E-state index is 11.3. The van der Waals surface area contributed by atoms with Gasteiger partial charge in [0, 0.05) is 37.1 Å². The van der Waals surface area contributed by atoms with E-state index in [9.17, 15) is 10.1 Å². The lowest BCUT2D eigenvalue weighted by molar-refractivity contribution is -0.385. The standard InChI is InChI=1S/C18H18N6O4/c1-27-16-8-13-12(7-15(16)24(25)26)18(22-10-21-13)23-11-2-3-20-14(6-11)17-9-19-4-5-28-17/h2-3,6-8,10,17,19H,4-5,9H2,1H3,(H,20,21,22,23). The molecule has 0 radical (unpaired) electrons. The number of ether oxygens (including phenoxy) is 2. The number of nitro benzene ring substituents is 1. The van der Waals surface area contributed by atoms with E-state index in [0.29, 0.717) is 29.9 Å². The highest BCUT2D eigenvalue weighted by Crippen LogP contribution is 2.34. The number of pyridine rings is 1. The number of aromatic nitrogens is 3. The molecule has 2 aromatic heterocycles. The number of methoxy groups -OCH3 is 1. The molecule has 1 aliphatic heterocycles. The van der Waals surface area contributed by atoms with E-state index in [-0.39, 0.29) is 17.5 Å². The SMILES string of the molecule is COc1cc2ncnc(Nc3ccnc(C4CNCCO4)c3)c2cc1[N+](=O)[O-]. The molecule has 0 aliphatic carbocycles. The van der Waals surface area contributed by atoms with Gasteiger partial charge in [0.1, 0.15) is 18.2 Å². The highest BCUT2D eigenvalue weighted by molar-refractivity contribution is 5.93. The number of benzene rings is 1. The fourth-order valence-electron chi connectivity index (χ4n) is 3.07. The van der Waals surface area contributed by atoms with Gasteiger partial charge in [-0.05, 0) is 12.1 Å². The number of nitro groups is 1. The number of anilines is 2. The molecule has 1 atom stereocenters. The van der Waals surface area contributed by atoms with Crippen molar-refractivity contribution in [2.75, 3.05) is 32.1 Å². The Morgan fingerprint density at radius 1 is 1.32 bits per heavy atom. The Kier molecular flexibility index (Phi) is 4.96. The Morgan fingerprint density at radius 2 is 2.21 bits per heavy atom. The molecule has 1 fully saturated rings. The third-order valence-corrected chi connectivity index (χ3v) is 4.43. The van der Waals surface area contributed by atoms with E-state index < -0.39 is 4.92 Å². The summed E-state index contributed by atoms with van der Waals surface area (Å²) in [5, 5.41) is 18.3. The zero-order valence-corrected chi connectivity index (χ0v) is 15.1. The van der Waals surface area contributed by atoms with Crippen molar-refractivity contribution < 1.29 is 14.4 Å². The maximum atomic E-state index is 11.3. The van der Waals surface area contributed by atoms with Crippen LogP contribution in [0.1, 0.15) is 11.8 Å². The van der Waals surface area contributed by atoms with Crippen LogP contribution < -0.4 is 15.4 Å². The quantitative estimate of drug-likeness (QED) is 0.505. The lowest BCUT2D eigenvalue weighted by atomic mass is 10.1. The predicted molar refractivity (Wildman–Crippen MR) is 102 cm³/mol. The minimum atomic E-state index is -0.493. The Labute approximate surface area is 160 Å². The number of hydrogen-bond donors (Lipinski definition) is 2. The second-order valence-corrected chi connectivity index (χ2v) is 6.18. The molecule has 1 saturated heterocycles. The first-order valence-electron chi connectivity index (χ1n) is 8.68. The van der Waals surface area contributed by atoms with Gasteiger partial charge in [-0.3, -0.25) is 15.1 Å². The van der Waals surface area contributed by atoms with Gasteiger partial charge >= 0.3 is 5.69 Å². The van der Waals surface area contributed by atoms with Crippen LogP contribution in [0.25, 0.3) is 10.9 Å². The molecule has 3 heterocycles. The number of hydrogen-bond acceptors (Lipinski definition) is 9. The van der Waals surface area contributed by atoms with Crippen LogP contribution in [0.3, 0.4) is 0 Å². The second kappa shape index (κ2) is 7.71. The lowest BCUT2D eigenvalue weighted by Crippen LogP contribution is -2.33. The topological polar surface area (TPSA) is 124 Å². The van der Waals surface area contributed by atoms with E-state index in [1.165, 1.54) is 25.6 Å². The van der Waals surface area contributed by atoms with Crippen molar-refractivity contribution in [1.82, 2.24) is 20.3 Å². The van der Waals surface area contributed by atoms with Gasteiger partial charge < -0.3 is 20.1 Å². The van der Waals surface area contributed by atoms with Crippen molar-refractivity contribution >= 4 is 28.1 Å². The van der Waals surface area contributed by atoms with Gasteiger partial charge in [0.2, 0.25) is 0 Å². The normalized spacial score (nSPS) is 16.7. The minimum absolute atomic E-state index is 0.122. The first-order chi connectivity index (χ1) is 13.7. The maximum Gasteiger partial charge on any atom is 0.311 e. The summed E-state index contributed by atoms with van der Waals surface area (Å²) in [5.74, 6) is 0.603. The van der Waals surface area contributed by atoms with E-state index in [0.717, 1.165) is 17.9 Å². The van der Waals surface area contributed by atoms with Crippen molar-refractivity contribution in [3.63, 3.8) is 0 Å². The van der Waals surface area contributed by atoms with Crippen molar-refractivity contribution in [2.24, 2.45) is 0 Å². The van der Waals surface area contributed by atoms with Crippen LogP contribution in [0.4, 0.5) is 17.2 Å². The molecule has 10 nitrogen and oxygen atoms in total. The third kappa shape index (κ3) is 3.55. The Hall–Kier alpha value is -3.37. The van der Waals surface area contributed by atoms with Crippen LogP contribution >= 0.6 is 0 Å². The molecule has 0 spiro atoms. The molecule has 1 aromatic carbocycles. The largest absolute Gasteiger partial charge is 0.490 e. The summed E-state index contributed by atoms with van der Waals surface area (Å²) in [4.78, 5) is 23.7. The first-order valence-corrected chi connectivity index (χ1v) is 8.68. The fraction of sp³-hybridized carbons (Fsp3) is 0.278. The molecule has 2 N–H and O–H groups in total. The van der Waals surface area contributed by atoms with Crippen LogP contribution in [-0.4, -0.2) is 46.7 Å². The van der Waals surface area contributed by atoms with Gasteiger partial charge in [0.05, 0.1) is 35.2 Å². The molecular weight excluding hydrogens is 364 g/mol. The molecule has 10 heteroatoms. The zero-order chi connectivity index (χ0) is 19.5. The molecule has 28 heavy (non-hydrogen) atoms. The minimum Gasteiger partial charge on any atom is -0.490 e. The van der Waals surface area contributed by atoms with Crippen LogP contribution in [-0.2, 0) is 4.74 Å². The summed E-state index contributed by atoms with van der Waals surface area (Å²) in [6.45, 7) is 2.15. The molecule has 144 valence electrons. The van der Waals surface area contributed by atoms with Crippen LogP contribution in [0.2, 0.25) is 0 Å². The van der Waals surface area contributed by atoms with E-state index in [1.54, 1.807) is 12.3 Å². The Morgan fingerprint density at radius 3 is 2.96 bits per heavy atom. The van der Waals surface area contributed by atoms with Crippen molar-refractivity contribution in [3.05, 3.63) is 52.6 Å². The summed E-state index contributed by atoms with van der Waals surface area (Å²) in [5.41, 5.74) is 1.93. The average Bonchev–Trinajstić information content (AvgIpc) is 2.74. The number of fused-ring (bicyclic) bond motifs is 1. The molecule has 3 aromatic rings. The smallest absolute Gasteiger partial charge is 0.311 e. The second-order valence-electron chi connectivity index (χ2n) is 6.18. The Balaban J connectivity index is 1.70. The number of rotatable bonds is 5. The molecular formula is C18H18N6O4. The summed E-state index contributed by atoms with van der Waals surface area (Å²) < 4.78 is 10.8. The van der Waals surface area contributed by atoms with E-state index >= 15 is 0 Å². The molecule has 0 bridgehead atoms. The third-order valence-electron chi connectivity index (χ3n) is 4.43. The lowest BCUT2D eigenvalue weighted by Gasteiger charge is -2.23. The van der Waals surface area contributed by atoms with Crippen LogP contribution in [0, 0.1) is 10.1 Å². The molecule has 1 unspecified atom stereocenters. The van der Waals surface area contributed by atoms with Gasteiger partial charge in [-0.15, -0.1) is 0 Å². The summed E-state index contributed by atoms with van der Waals surface area (Å²) in [7, 11) is 1.38. The highest BCUT2D eigenvalue weighted by atomic mass is 16.6. The predicted octanol–water partition coefficient (Wildman–Crippen LogP) is 2.35. The van der Waals surface area contributed by atoms with Crippen LogP contribution in [0.15, 0.2) is 36.8 Å². The monoisotopic (exact) mass is 382 g/mol. The summed E-state index contributed by atoms with van der Waals surface area (Å²) in [6, 6.07) is 6.61. The first kappa shape index (κ1) is 18.0. The van der Waals surface area contributed by atoms with Crippen molar-refractivity contribution in [2.45, 2.75) is 6.10 Å². The highest BCUT2D eigenvalue weighted by Gasteiger charge is 2.20. The van der Waals surface area contributed by atoms with Crippen LogP contribution in [0.5, 0.6) is 5.75 Å². The van der Waals surface area contributed by atoms with E-state index in [1.807, 2.05) is 6.07 Å². The van der Waals surface area contributed by atoms with E-state index in [2.05, 4.69) is 25.6 Å². The van der Waals surface area contributed by atoms with Crippen molar-refractivity contribution in [3.8, 4) is 5.75 Å². The Bertz CT molecular complexity index is 1020. The number of nitrogens with zero attached hydrogens (tertiary/aromatic N) is 4. The summed E-state index contributed by atoms with van der Waals surface area (Å²) >= 11 is 0. The van der Waals surface area contributed by atoms with Gasteiger partial charge in [-0.25, -0.2) is 9.97 Å². The molecule has 1 aliphatic rings. The van der Waals surface area contributed by atoms with E-state index in [4.69, 9.17) is 9.47 Å². The van der Waals surface area contributed by atoms with Crippen molar-refractivity contribution in [1.29, 1.82) is 0 Å². The number of morpholine rings is 1. The molecule has 0 saturated carbocycles. The van der Waals surface area contributed by atoms with Gasteiger partial charge in [-0.1, -0.05) is 0 Å². The van der Waals surface area contributed by atoms with Gasteiger partial charge in [-0.2, -0.15) is 0 Å². The summed E-state index contributed by atoms with van der Waals surface area (Å²) in [6.07, 6.45) is 2.96. The fourth-order valence-corrected chi connectivity index (χ4v) is 3.07. The van der Waals surface area contributed by atoms with Gasteiger partial charge in [0.25, 0.3) is 0 Å². The molecule has 0 amide bonds. The zero-order valence-electron chi connectivity index (χ0n) is 15.1.